The van der Waals surface area contributed by atoms with Crippen molar-refractivity contribution >= 4 is 0 Å². The van der Waals surface area contributed by atoms with Gasteiger partial charge in [-0.25, -0.2) is 0 Å². The molecule has 0 rings (SSSR count). The smallest absolute Gasteiger partial charge is 0.0617 e. The molecular weight excluding hydrogens is 224 g/mol. The number of methoxy groups -OCH3 is 1. The first-order valence-electron chi connectivity index (χ1n) is 7.32. The Hall–Kier alpha value is -0.0800. The molecule has 0 saturated carbocycles. The molecule has 0 unspecified atom stereocenters. The maximum atomic E-state index is 8.87. The lowest BCUT2D eigenvalue weighted by Gasteiger charge is -2.22. The van der Waals surface area contributed by atoms with Crippen molar-refractivity contribution in [3.8, 4) is 0 Å². The van der Waals surface area contributed by atoms with Crippen LogP contribution in [-0.4, -0.2) is 24.9 Å². The summed E-state index contributed by atoms with van der Waals surface area (Å²) in [5, 5.41) is 8.87. The van der Waals surface area contributed by atoms with Crippen molar-refractivity contribution in [3.05, 3.63) is 0 Å². The molecule has 0 spiro atoms. The van der Waals surface area contributed by atoms with Gasteiger partial charge in [-0.3, -0.25) is 0 Å². The zero-order chi connectivity index (χ0) is 14.9. The van der Waals surface area contributed by atoms with Crippen molar-refractivity contribution in [1.29, 1.82) is 0 Å². The Morgan fingerprint density at radius 1 is 0.722 bits per heavy atom. The third-order valence-electron chi connectivity index (χ3n) is 3.51. The van der Waals surface area contributed by atoms with Crippen LogP contribution in [0.1, 0.15) is 55.4 Å². The lowest BCUT2D eigenvalue weighted by Crippen LogP contribution is -2.23. The molecule has 0 aliphatic carbocycles. The maximum absolute atomic E-state index is 8.87. The second kappa shape index (κ2) is 10.8. The molecule has 2 heteroatoms. The Kier molecular flexibility index (Phi) is 12.2. The highest BCUT2D eigenvalue weighted by Crippen LogP contribution is 2.18. The molecule has 0 heterocycles. The summed E-state index contributed by atoms with van der Waals surface area (Å²) in [4.78, 5) is 0. The summed E-state index contributed by atoms with van der Waals surface area (Å²) in [6.45, 7) is 17.7. The lowest BCUT2D eigenvalue weighted by atomic mass is 9.86. The minimum atomic E-state index is 0.329. The molecule has 112 valence electrons. The van der Waals surface area contributed by atoms with E-state index >= 15 is 0 Å². The fraction of sp³-hybridized carbons (Fsp3) is 1.00. The van der Waals surface area contributed by atoms with Crippen LogP contribution in [0.15, 0.2) is 0 Å². The molecule has 0 aromatic rings. The molecule has 0 aromatic heterocycles. The maximum Gasteiger partial charge on any atom is 0.0617 e. The van der Waals surface area contributed by atoms with E-state index in [1.165, 1.54) is 0 Å². The minimum absolute atomic E-state index is 0.329. The zero-order valence-corrected chi connectivity index (χ0v) is 14.0. The standard InChI is InChI=1S/2C8H18O/c1-6(2)8(9-5)7(3)4;1-6(2)8(5-9)7(3)4/h6-8H,1-5H3;6-9H,5H2,1-4H3. The van der Waals surface area contributed by atoms with Crippen LogP contribution in [0, 0.1) is 29.6 Å². The van der Waals surface area contributed by atoms with E-state index in [0.717, 1.165) is 0 Å². The Morgan fingerprint density at radius 2 is 1.06 bits per heavy atom. The van der Waals surface area contributed by atoms with E-state index in [9.17, 15) is 0 Å². The predicted molar refractivity (Wildman–Crippen MR) is 80.7 cm³/mol. The van der Waals surface area contributed by atoms with Crippen molar-refractivity contribution in [1.82, 2.24) is 0 Å². The average Bonchev–Trinajstić information content (AvgIpc) is 2.17. The van der Waals surface area contributed by atoms with Gasteiger partial charge in [0.05, 0.1) is 6.10 Å². The summed E-state index contributed by atoms with van der Waals surface area (Å²) in [5.74, 6) is 2.96. The van der Waals surface area contributed by atoms with Crippen LogP contribution in [0.25, 0.3) is 0 Å². The van der Waals surface area contributed by atoms with Gasteiger partial charge < -0.3 is 9.84 Å². The zero-order valence-electron chi connectivity index (χ0n) is 14.0. The third-order valence-corrected chi connectivity index (χ3v) is 3.51. The van der Waals surface area contributed by atoms with Crippen LogP contribution >= 0.6 is 0 Å². The summed E-state index contributed by atoms with van der Waals surface area (Å²) >= 11 is 0. The van der Waals surface area contributed by atoms with Crippen LogP contribution in [-0.2, 0) is 4.74 Å². The first-order chi connectivity index (χ1) is 8.18. The highest BCUT2D eigenvalue weighted by Gasteiger charge is 2.15. The van der Waals surface area contributed by atoms with Gasteiger partial charge in [-0.1, -0.05) is 55.4 Å². The molecule has 2 nitrogen and oxygen atoms in total. The topological polar surface area (TPSA) is 29.5 Å². The quantitative estimate of drug-likeness (QED) is 0.775. The van der Waals surface area contributed by atoms with Crippen LogP contribution < -0.4 is 0 Å². The highest BCUT2D eigenvalue weighted by atomic mass is 16.5. The predicted octanol–water partition coefficient (Wildman–Crippen LogP) is 4.22. The Bertz CT molecular complexity index is 138. The lowest BCUT2D eigenvalue weighted by molar-refractivity contribution is 0.0292. The van der Waals surface area contributed by atoms with E-state index < -0.39 is 0 Å². The number of hydrogen-bond donors (Lipinski definition) is 1. The van der Waals surface area contributed by atoms with Crippen molar-refractivity contribution in [2.45, 2.75) is 61.5 Å². The van der Waals surface area contributed by atoms with Gasteiger partial charge in [-0.2, -0.15) is 0 Å². The first-order valence-corrected chi connectivity index (χ1v) is 7.32. The van der Waals surface area contributed by atoms with Gasteiger partial charge in [0.15, 0.2) is 0 Å². The highest BCUT2D eigenvalue weighted by molar-refractivity contribution is 4.65. The molecule has 0 fully saturated rings. The van der Waals surface area contributed by atoms with Crippen molar-refractivity contribution in [3.63, 3.8) is 0 Å². The number of hydrogen-bond acceptors (Lipinski definition) is 2. The molecule has 0 saturated heterocycles. The van der Waals surface area contributed by atoms with Crippen LogP contribution in [0.3, 0.4) is 0 Å². The van der Waals surface area contributed by atoms with Crippen LogP contribution in [0.5, 0.6) is 0 Å². The van der Waals surface area contributed by atoms with Gasteiger partial charge in [-0.05, 0) is 29.6 Å². The van der Waals surface area contributed by atoms with E-state index in [4.69, 9.17) is 9.84 Å². The first kappa shape index (κ1) is 20.2. The average molecular weight is 260 g/mol. The van der Waals surface area contributed by atoms with E-state index in [-0.39, 0.29) is 0 Å². The van der Waals surface area contributed by atoms with Crippen LogP contribution in [0.4, 0.5) is 0 Å². The second-order valence-corrected chi connectivity index (χ2v) is 6.52. The van der Waals surface area contributed by atoms with Crippen molar-refractivity contribution in [2.24, 2.45) is 29.6 Å². The number of aliphatic hydroxyl groups is 1. The Balaban J connectivity index is 0. The van der Waals surface area contributed by atoms with Crippen molar-refractivity contribution < 1.29 is 9.84 Å². The monoisotopic (exact) mass is 260 g/mol. The van der Waals surface area contributed by atoms with Gasteiger partial charge >= 0.3 is 0 Å². The van der Waals surface area contributed by atoms with E-state index in [0.29, 0.717) is 42.3 Å². The van der Waals surface area contributed by atoms with Gasteiger partial charge in [0.25, 0.3) is 0 Å². The molecule has 0 aliphatic heterocycles. The molecule has 0 radical (unpaired) electrons. The molecule has 0 amide bonds. The molecule has 0 atom stereocenters. The van der Waals surface area contributed by atoms with Gasteiger partial charge in [0.1, 0.15) is 0 Å². The fourth-order valence-corrected chi connectivity index (χ4v) is 2.51. The Labute approximate surface area is 115 Å². The SMILES string of the molecule is CC(C)C(CO)C(C)C.COC(C(C)C)C(C)C. The normalized spacial score (nSPS) is 12.0. The molecular formula is C16H36O2. The van der Waals surface area contributed by atoms with E-state index in [1.807, 2.05) is 0 Å². The van der Waals surface area contributed by atoms with Gasteiger partial charge in [-0.15, -0.1) is 0 Å². The van der Waals surface area contributed by atoms with Crippen molar-refractivity contribution in [2.75, 3.05) is 13.7 Å². The summed E-state index contributed by atoms with van der Waals surface area (Å²) in [5.41, 5.74) is 0. The summed E-state index contributed by atoms with van der Waals surface area (Å²) in [6, 6.07) is 0. The summed E-state index contributed by atoms with van der Waals surface area (Å²) in [7, 11) is 1.78. The molecule has 0 aromatic carbocycles. The van der Waals surface area contributed by atoms with E-state index in [2.05, 4.69) is 55.4 Å². The largest absolute Gasteiger partial charge is 0.396 e. The third kappa shape index (κ3) is 8.93. The summed E-state index contributed by atoms with van der Waals surface area (Å²) < 4.78 is 5.27. The number of aliphatic hydroxyl groups excluding tert-OH is 1. The minimum Gasteiger partial charge on any atom is -0.396 e. The van der Waals surface area contributed by atoms with Gasteiger partial charge in [0, 0.05) is 13.7 Å². The molecule has 0 aliphatic rings. The van der Waals surface area contributed by atoms with E-state index in [1.54, 1.807) is 7.11 Å². The summed E-state index contributed by atoms with van der Waals surface area (Å²) in [6.07, 6.45) is 0.421. The fourth-order valence-electron chi connectivity index (χ4n) is 2.51. The molecule has 0 bridgehead atoms. The van der Waals surface area contributed by atoms with Crippen LogP contribution in [0.2, 0.25) is 0 Å². The Morgan fingerprint density at radius 3 is 1.06 bits per heavy atom. The molecule has 18 heavy (non-hydrogen) atoms. The van der Waals surface area contributed by atoms with Gasteiger partial charge in [0.2, 0.25) is 0 Å². The molecule has 1 N–H and O–H groups in total. The second-order valence-electron chi connectivity index (χ2n) is 6.52. The number of rotatable bonds is 6. The number of ether oxygens (including phenoxy) is 1.